The van der Waals surface area contributed by atoms with Gasteiger partial charge in [-0.2, -0.15) is 0 Å². The molecule has 0 bridgehead atoms. The molecule has 6 nitrogen and oxygen atoms in total. The van der Waals surface area contributed by atoms with Crippen molar-refractivity contribution in [2.24, 2.45) is 0 Å². The van der Waals surface area contributed by atoms with Crippen molar-refractivity contribution in [3.63, 3.8) is 0 Å². The van der Waals surface area contributed by atoms with Gasteiger partial charge in [-0.05, 0) is 30.7 Å². The Morgan fingerprint density at radius 2 is 1.91 bits per heavy atom. The summed E-state index contributed by atoms with van der Waals surface area (Å²) < 4.78 is 22.6. The molecule has 0 fully saturated rings. The number of amides is 2. The van der Waals surface area contributed by atoms with E-state index in [1.807, 2.05) is 0 Å². The van der Waals surface area contributed by atoms with E-state index in [1.54, 1.807) is 12.1 Å². The van der Waals surface area contributed by atoms with Gasteiger partial charge in [0, 0.05) is 23.4 Å². The van der Waals surface area contributed by atoms with E-state index >= 15 is 0 Å². The highest BCUT2D eigenvalue weighted by Gasteiger charge is 2.22. The van der Waals surface area contributed by atoms with Crippen molar-refractivity contribution in [2.45, 2.75) is 12.5 Å². The minimum Gasteiger partial charge on any atom is -0.351 e. The molecule has 1 aromatic rings. The Kier molecular flexibility index (Phi) is 7.25. The summed E-state index contributed by atoms with van der Waals surface area (Å²) in [5.41, 5.74) is 0.329. The van der Waals surface area contributed by atoms with E-state index in [-0.39, 0.29) is 18.7 Å². The summed E-state index contributed by atoms with van der Waals surface area (Å²) in [5.74, 6) is -1.15. The van der Waals surface area contributed by atoms with Crippen LogP contribution in [0.2, 0.25) is 5.02 Å². The molecule has 0 saturated heterocycles. The van der Waals surface area contributed by atoms with Crippen LogP contribution in [0.5, 0.6) is 0 Å². The molecule has 0 saturated carbocycles. The minimum absolute atomic E-state index is 0.0128. The monoisotopic (exact) mass is 358 g/mol. The number of sulfone groups is 1. The van der Waals surface area contributed by atoms with Crippen LogP contribution in [-0.2, 0) is 14.6 Å². The normalized spacial score (nSPS) is 12.3. The molecule has 0 spiro atoms. The predicted molar refractivity (Wildman–Crippen MR) is 90.2 cm³/mol. The van der Waals surface area contributed by atoms with Gasteiger partial charge in [0.05, 0.1) is 5.75 Å². The summed E-state index contributed by atoms with van der Waals surface area (Å²) in [7, 11) is -3.25. The maximum absolute atomic E-state index is 12.2. The van der Waals surface area contributed by atoms with E-state index in [0.717, 1.165) is 6.26 Å². The van der Waals surface area contributed by atoms with Gasteiger partial charge in [0.2, 0.25) is 5.91 Å². The fraction of sp³-hybridized carbons (Fsp3) is 0.333. The maximum Gasteiger partial charge on any atom is 0.251 e. The van der Waals surface area contributed by atoms with Gasteiger partial charge in [0.25, 0.3) is 5.91 Å². The molecule has 0 unspecified atom stereocenters. The first kappa shape index (κ1) is 19.2. The molecule has 23 heavy (non-hydrogen) atoms. The number of carbonyl (C=O) groups is 2. The summed E-state index contributed by atoms with van der Waals surface area (Å²) in [4.78, 5) is 24.2. The van der Waals surface area contributed by atoms with Crippen LogP contribution in [0.25, 0.3) is 0 Å². The number of rotatable bonds is 8. The fourth-order valence-electron chi connectivity index (χ4n) is 1.74. The van der Waals surface area contributed by atoms with Gasteiger partial charge in [0.15, 0.2) is 0 Å². The largest absolute Gasteiger partial charge is 0.351 e. The van der Waals surface area contributed by atoms with Crippen molar-refractivity contribution in [2.75, 3.05) is 18.6 Å². The third-order valence-corrected chi connectivity index (χ3v) is 4.16. The summed E-state index contributed by atoms with van der Waals surface area (Å²) in [5, 5.41) is 5.57. The van der Waals surface area contributed by atoms with Crippen LogP contribution in [0.3, 0.4) is 0 Å². The number of halogens is 1. The quantitative estimate of drug-likeness (QED) is 0.682. The topological polar surface area (TPSA) is 92.3 Å². The van der Waals surface area contributed by atoms with Gasteiger partial charge in [-0.25, -0.2) is 8.42 Å². The highest BCUT2D eigenvalue weighted by Crippen LogP contribution is 2.10. The van der Waals surface area contributed by atoms with Crippen molar-refractivity contribution in [3.8, 4) is 0 Å². The van der Waals surface area contributed by atoms with Gasteiger partial charge < -0.3 is 10.6 Å². The average molecular weight is 359 g/mol. The molecular weight excluding hydrogens is 340 g/mol. The Bertz CT molecular complexity index is 671. The number of carbonyl (C=O) groups excluding carboxylic acids is 2. The lowest BCUT2D eigenvalue weighted by Gasteiger charge is -2.17. The first-order valence-corrected chi connectivity index (χ1v) is 9.29. The van der Waals surface area contributed by atoms with Gasteiger partial charge in [-0.15, -0.1) is 6.58 Å². The summed E-state index contributed by atoms with van der Waals surface area (Å²) in [6.45, 7) is 3.71. The van der Waals surface area contributed by atoms with E-state index in [9.17, 15) is 18.0 Å². The van der Waals surface area contributed by atoms with Crippen LogP contribution in [0.15, 0.2) is 36.9 Å². The van der Waals surface area contributed by atoms with E-state index in [0.29, 0.717) is 10.6 Å². The molecular formula is C15H19ClN2O4S. The van der Waals surface area contributed by atoms with E-state index in [4.69, 9.17) is 11.6 Å². The Morgan fingerprint density at radius 3 is 2.43 bits per heavy atom. The summed E-state index contributed by atoms with van der Waals surface area (Å²) in [6.07, 6.45) is 2.56. The lowest BCUT2D eigenvalue weighted by molar-refractivity contribution is -0.122. The Hall–Kier alpha value is -1.86. The third-order valence-electron chi connectivity index (χ3n) is 2.93. The summed E-state index contributed by atoms with van der Waals surface area (Å²) >= 11 is 5.76. The number of benzene rings is 1. The van der Waals surface area contributed by atoms with Crippen molar-refractivity contribution < 1.29 is 18.0 Å². The molecule has 0 radical (unpaired) electrons. The molecule has 1 aromatic carbocycles. The molecule has 0 aliphatic carbocycles. The van der Waals surface area contributed by atoms with Gasteiger partial charge >= 0.3 is 0 Å². The second-order valence-corrected chi connectivity index (χ2v) is 7.68. The first-order chi connectivity index (χ1) is 10.7. The molecule has 2 N–H and O–H groups in total. The zero-order valence-corrected chi connectivity index (χ0v) is 14.3. The zero-order valence-electron chi connectivity index (χ0n) is 12.7. The maximum atomic E-state index is 12.2. The fourth-order valence-corrected chi connectivity index (χ4v) is 2.53. The molecule has 1 rings (SSSR count). The SMILES string of the molecule is C=CCNC(=O)[C@@H](CCS(C)(=O)=O)NC(=O)c1ccc(Cl)cc1. The van der Waals surface area contributed by atoms with Crippen LogP contribution < -0.4 is 10.6 Å². The number of hydrogen-bond acceptors (Lipinski definition) is 4. The van der Waals surface area contributed by atoms with Gasteiger partial charge in [-0.1, -0.05) is 17.7 Å². The van der Waals surface area contributed by atoms with Crippen LogP contribution >= 0.6 is 11.6 Å². The smallest absolute Gasteiger partial charge is 0.251 e. The lowest BCUT2D eigenvalue weighted by Crippen LogP contribution is -2.47. The highest BCUT2D eigenvalue weighted by atomic mass is 35.5. The second kappa shape index (κ2) is 8.69. The molecule has 0 aliphatic heterocycles. The number of nitrogens with one attached hydrogen (secondary N) is 2. The standard InChI is InChI=1S/C15H19ClN2O4S/c1-3-9-17-15(20)13(8-10-23(2,21)22)18-14(19)11-4-6-12(16)7-5-11/h3-7,13H,1,8-10H2,2H3,(H,17,20)(H,18,19)/t13-/m1/s1. The molecule has 0 heterocycles. The average Bonchev–Trinajstić information content (AvgIpc) is 2.48. The molecule has 1 atom stereocenters. The minimum atomic E-state index is -3.25. The van der Waals surface area contributed by atoms with Gasteiger partial charge in [-0.3, -0.25) is 9.59 Å². The van der Waals surface area contributed by atoms with Crippen molar-refractivity contribution in [3.05, 3.63) is 47.5 Å². The van der Waals surface area contributed by atoms with Crippen LogP contribution in [-0.4, -0.2) is 44.8 Å². The molecule has 126 valence electrons. The Balaban J connectivity index is 2.81. The molecule has 0 aromatic heterocycles. The highest BCUT2D eigenvalue weighted by molar-refractivity contribution is 7.90. The van der Waals surface area contributed by atoms with Gasteiger partial charge in [0.1, 0.15) is 15.9 Å². The molecule has 0 aliphatic rings. The Morgan fingerprint density at radius 1 is 1.30 bits per heavy atom. The first-order valence-electron chi connectivity index (χ1n) is 6.85. The third kappa shape index (κ3) is 7.30. The predicted octanol–water partition coefficient (Wildman–Crippen LogP) is 1.18. The summed E-state index contributed by atoms with van der Waals surface area (Å²) in [6, 6.07) is 5.20. The molecule has 2 amide bonds. The van der Waals surface area contributed by atoms with Crippen LogP contribution in [0.4, 0.5) is 0 Å². The van der Waals surface area contributed by atoms with Crippen molar-refractivity contribution >= 4 is 33.3 Å². The second-order valence-electron chi connectivity index (χ2n) is 4.99. The van der Waals surface area contributed by atoms with Crippen LogP contribution in [0, 0.1) is 0 Å². The molecule has 8 heteroatoms. The Labute approximate surface area is 140 Å². The van der Waals surface area contributed by atoms with Crippen molar-refractivity contribution in [1.82, 2.24) is 10.6 Å². The lowest BCUT2D eigenvalue weighted by atomic mass is 10.1. The van der Waals surface area contributed by atoms with Crippen molar-refractivity contribution in [1.29, 1.82) is 0 Å². The van der Waals surface area contributed by atoms with E-state index < -0.39 is 27.7 Å². The zero-order chi connectivity index (χ0) is 17.5. The number of hydrogen-bond donors (Lipinski definition) is 2. The van der Waals surface area contributed by atoms with E-state index in [2.05, 4.69) is 17.2 Å². The van der Waals surface area contributed by atoms with E-state index in [1.165, 1.54) is 18.2 Å². The van der Waals surface area contributed by atoms with Crippen LogP contribution in [0.1, 0.15) is 16.8 Å².